The smallest absolute Gasteiger partial charge is 0.00843 e. The second kappa shape index (κ2) is 11.6. The van der Waals surface area contributed by atoms with E-state index in [1.54, 1.807) is 5.57 Å². The Kier molecular flexibility index (Phi) is 9.86. The van der Waals surface area contributed by atoms with Gasteiger partial charge in [0.1, 0.15) is 0 Å². The van der Waals surface area contributed by atoms with Gasteiger partial charge in [-0.1, -0.05) is 113 Å². The van der Waals surface area contributed by atoms with E-state index in [0.717, 1.165) is 11.8 Å². The Bertz CT molecular complexity index is 727. The van der Waals surface area contributed by atoms with Crippen molar-refractivity contribution in [2.75, 3.05) is 0 Å². The molecule has 0 saturated heterocycles. The summed E-state index contributed by atoms with van der Waals surface area (Å²) < 4.78 is 0. The first-order valence-corrected chi connectivity index (χ1v) is 10.8. The topological polar surface area (TPSA) is 0 Å². The second-order valence-corrected chi connectivity index (χ2v) is 6.42. The molecule has 2 aliphatic rings. The standard InChI is InChI=1S/C21H20.3C2H6/c1-14-3-6-16(7-4-14)17-8-10-18(11-9-17)19-12-5-15(2)20-13-21(19)20;3*1-2/h3-12,20-21H,13H2,1-2H3;3*1-2H3. The summed E-state index contributed by atoms with van der Waals surface area (Å²) in [6, 6.07) is 17.8. The third-order valence-electron chi connectivity index (χ3n) is 4.90. The molecule has 0 heterocycles. The van der Waals surface area contributed by atoms with Gasteiger partial charge in [-0.2, -0.15) is 0 Å². The van der Waals surface area contributed by atoms with Crippen LogP contribution in [0.5, 0.6) is 0 Å². The molecule has 146 valence electrons. The molecule has 1 saturated carbocycles. The lowest BCUT2D eigenvalue weighted by atomic mass is 9.92. The van der Waals surface area contributed by atoms with Crippen LogP contribution < -0.4 is 0 Å². The monoisotopic (exact) mass is 362 g/mol. The summed E-state index contributed by atoms with van der Waals surface area (Å²) in [5.74, 6) is 1.60. The predicted octanol–water partition coefficient (Wildman–Crippen LogP) is 8.72. The molecule has 0 amide bonds. The third kappa shape index (κ3) is 5.70. The van der Waals surface area contributed by atoms with Gasteiger partial charge in [0.15, 0.2) is 0 Å². The zero-order chi connectivity index (χ0) is 20.4. The van der Waals surface area contributed by atoms with Crippen LogP contribution in [0.4, 0.5) is 0 Å². The molecular formula is C27H38. The Morgan fingerprint density at radius 1 is 0.556 bits per heavy atom. The Labute approximate surface area is 168 Å². The summed E-state index contributed by atoms with van der Waals surface area (Å²) in [6.07, 6.45) is 5.97. The predicted molar refractivity (Wildman–Crippen MR) is 124 cm³/mol. The van der Waals surface area contributed by atoms with Gasteiger partial charge in [0.2, 0.25) is 0 Å². The molecule has 1 fully saturated rings. The van der Waals surface area contributed by atoms with Gasteiger partial charge >= 0.3 is 0 Å². The van der Waals surface area contributed by atoms with Crippen LogP contribution in [-0.2, 0) is 0 Å². The number of allylic oxidation sites excluding steroid dienone is 4. The van der Waals surface area contributed by atoms with Crippen LogP contribution in [0.1, 0.15) is 66.0 Å². The summed E-state index contributed by atoms with van der Waals surface area (Å²) >= 11 is 0. The largest absolute Gasteiger partial charge is 0.0696 e. The lowest BCUT2D eigenvalue weighted by molar-refractivity contribution is 0.923. The minimum absolute atomic E-state index is 0.778. The van der Waals surface area contributed by atoms with Crippen LogP contribution >= 0.6 is 0 Å². The summed E-state index contributed by atoms with van der Waals surface area (Å²) in [5, 5.41) is 0. The average molecular weight is 363 g/mol. The fourth-order valence-corrected chi connectivity index (χ4v) is 3.42. The van der Waals surface area contributed by atoms with Gasteiger partial charge in [-0.25, -0.2) is 0 Å². The number of hydrogen-bond donors (Lipinski definition) is 0. The minimum Gasteiger partial charge on any atom is -0.0696 e. The maximum absolute atomic E-state index is 2.32. The lowest BCUT2D eigenvalue weighted by Gasteiger charge is -2.12. The number of fused-ring (bicyclic) bond motifs is 1. The van der Waals surface area contributed by atoms with Crippen molar-refractivity contribution in [1.29, 1.82) is 0 Å². The van der Waals surface area contributed by atoms with Crippen molar-refractivity contribution in [3.05, 3.63) is 77.4 Å². The van der Waals surface area contributed by atoms with E-state index < -0.39 is 0 Å². The summed E-state index contributed by atoms with van der Waals surface area (Å²) in [5.41, 5.74) is 8.38. The van der Waals surface area contributed by atoms with E-state index in [2.05, 4.69) is 74.5 Å². The first-order valence-electron chi connectivity index (χ1n) is 10.8. The van der Waals surface area contributed by atoms with Gasteiger partial charge < -0.3 is 0 Å². The fraction of sp³-hybridized carbons (Fsp3) is 0.407. The van der Waals surface area contributed by atoms with Crippen LogP contribution in [0.25, 0.3) is 16.7 Å². The third-order valence-corrected chi connectivity index (χ3v) is 4.90. The quantitative estimate of drug-likeness (QED) is 0.501. The van der Waals surface area contributed by atoms with Gasteiger partial charge in [-0.3, -0.25) is 0 Å². The van der Waals surface area contributed by atoms with E-state index in [9.17, 15) is 0 Å². The molecule has 0 N–H and O–H groups in total. The summed E-state index contributed by atoms with van der Waals surface area (Å²) in [7, 11) is 0. The highest BCUT2D eigenvalue weighted by atomic mass is 14.5. The molecule has 27 heavy (non-hydrogen) atoms. The van der Waals surface area contributed by atoms with Crippen molar-refractivity contribution in [1.82, 2.24) is 0 Å². The van der Waals surface area contributed by atoms with Gasteiger partial charge in [0.05, 0.1) is 0 Å². The van der Waals surface area contributed by atoms with Crippen molar-refractivity contribution < 1.29 is 0 Å². The van der Waals surface area contributed by atoms with E-state index in [-0.39, 0.29) is 0 Å². The van der Waals surface area contributed by atoms with Crippen LogP contribution in [0.15, 0.2) is 66.3 Å². The molecule has 0 bridgehead atoms. The molecular weight excluding hydrogens is 324 g/mol. The molecule has 0 aromatic heterocycles. The average Bonchev–Trinajstić information content (AvgIpc) is 3.56. The van der Waals surface area contributed by atoms with E-state index in [1.807, 2.05) is 41.5 Å². The van der Waals surface area contributed by atoms with Crippen LogP contribution in [0.2, 0.25) is 0 Å². The highest BCUT2D eigenvalue weighted by Crippen LogP contribution is 2.54. The fourth-order valence-electron chi connectivity index (χ4n) is 3.42. The Hall–Kier alpha value is -2.08. The van der Waals surface area contributed by atoms with Crippen molar-refractivity contribution in [3.63, 3.8) is 0 Å². The highest BCUT2D eigenvalue weighted by Gasteiger charge is 2.42. The first-order chi connectivity index (χ1) is 13.2. The molecule has 0 radical (unpaired) electrons. The molecule has 4 rings (SSSR count). The van der Waals surface area contributed by atoms with Crippen molar-refractivity contribution in [3.8, 4) is 11.1 Å². The first kappa shape index (κ1) is 23.0. The minimum atomic E-state index is 0.778. The van der Waals surface area contributed by atoms with Crippen LogP contribution in [0, 0.1) is 18.8 Å². The zero-order valence-corrected chi connectivity index (χ0v) is 18.6. The number of rotatable bonds is 2. The Morgan fingerprint density at radius 3 is 1.52 bits per heavy atom. The summed E-state index contributed by atoms with van der Waals surface area (Å²) in [4.78, 5) is 0. The SMILES string of the molecule is CC.CC.CC.CC1=CC=C(c2ccc(-c3ccc(C)cc3)cc2)C2CC12. The van der Waals surface area contributed by atoms with Crippen LogP contribution in [0.3, 0.4) is 0 Å². The van der Waals surface area contributed by atoms with Crippen LogP contribution in [-0.4, -0.2) is 0 Å². The van der Waals surface area contributed by atoms with Crippen molar-refractivity contribution >= 4 is 5.57 Å². The summed E-state index contributed by atoms with van der Waals surface area (Å²) in [6.45, 7) is 16.4. The maximum atomic E-state index is 2.32. The van der Waals surface area contributed by atoms with E-state index in [0.29, 0.717) is 0 Å². The Balaban J connectivity index is 0.000000556. The molecule has 0 heteroatoms. The molecule has 0 aliphatic heterocycles. The van der Waals surface area contributed by atoms with Crippen molar-refractivity contribution in [2.45, 2.75) is 61.8 Å². The van der Waals surface area contributed by atoms with Gasteiger partial charge in [-0.15, -0.1) is 0 Å². The van der Waals surface area contributed by atoms with Gasteiger partial charge in [0.25, 0.3) is 0 Å². The number of aryl methyl sites for hydroxylation is 1. The van der Waals surface area contributed by atoms with Gasteiger partial charge in [0, 0.05) is 0 Å². The molecule has 2 aromatic rings. The molecule has 0 spiro atoms. The van der Waals surface area contributed by atoms with Crippen molar-refractivity contribution in [2.24, 2.45) is 11.8 Å². The van der Waals surface area contributed by atoms with E-state index in [4.69, 9.17) is 0 Å². The highest BCUT2D eigenvalue weighted by molar-refractivity contribution is 5.76. The molecule has 0 nitrogen and oxygen atoms in total. The Morgan fingerprint density at radius 2 is 1.00 bits per heavy atom. The molecule has 2 atom stereocenters. The van der Waals surface area contributed by atoms with E-state index >= 15 is 0 Å². The number of benzene rings is 2. The molecule has 2 unspecified atom stereocenters. The lowest BCUT2D eigenvalue weighted by Crippen LogP contribution is -1.95. The second-order valence-electron chi connectivity index (χ2n) is 6.42. The molecule has 2 aromatic carbocycles. The normalized spacial score (nSPS) is 18.7. The zero-order valence-electron chi connectivity index (χ0n) is 18.6. The molecule has 2 aliphatic carbocycles. The van der Waals surface area contributed by atoms with Gasteiger partial charge in [-0.05, 0) is 54.4 Å². The number of hydrogen-bond acceptors (Lipinski definition) is 0. The van der Waals surface area contributed by atoms with E-state index in [1.165, 1.54) is 34.2 Å². The maximum Gasteiger partial charge on any atom is -0.00843 e.